The Morgan fingerprint density at radius 3 is 1.43 bits per heavy atom. The predicted molar refractivity (Wildman–Crippen MR) is 297 cm³/mol. The molecule has 0 bridgehead atoms. The topological polar surface area (TPSA) is 269 Å². The number of hydrogen-bond acceptors (Lipinski definition) is 19. The number of pyridine rings is 4. The van der Waals surface area contributed by atoms with Crippen molar-refractivity contribution in [2.75, 3.05) is 85.4 Å². The van der Waals surface area contributed by atoms with Gasteiger partial charge in [0.1, 0.15) is 28.3 Å². The summed E-state index contributed by atoms with van der Waals surface area (Å²) < 4.78 is 16.0. The largest absolute Gasteiger partial charge is 0.479 e. The molecule has 8 heterocycles. The second kappa shape index (κ2) is 26.0. The van der Waals surface area contributed by atoms with Gasteiger partial charge in [0.15, 0.2) is 0 Å². The Morgan fingerprint density at radius 1 is 0.610 bits per heavy atom. The van der Waals surface area contributed by atoms with Crippen LogP contribution in [0.5, 0.6) is 11.8 Å². The van der Waals surface area contributed by atoms with E-state index in [9.17, 15) is 14.4 Å². The summed E-state index contributed by atoms with van der Waals surface area (Å²) >= 11 is 0. The third-order valence-electron chi connectivity index (χ3n) is 13.9. The highest BCUT2D eigenvalue weighted by Gasteiger charge is 2.38. The Bertz CT molecular complexity index is 2930. The van der Waals surface area contributed by atoms with Crippen LogP contribution in [-0.2, 0) is 14.3 Å². The lowest BCUT2D eigenvalue weighted by Gasteiger charge is -2.38. The minimum atomic E-state index is -0.557. The van der Waals surface area contributed by atoms with Gasteiger partial charge in [0.2, 0.25) is 35.5 Å². The fourth-order valence-electron chi connectivity index (χ4n) is 9.47. The summed E-state index contributed by atoms with van der Waals surface area (Å²) in [5.41, 5.74) is 2.14. The van der Waals surface area contributed by atoms with Gasteiger partial charge in [0, 0.05) is 74.5 Å². The number of ether oxygens (including phenoxy) is 3. The molecular weight excluding hydrogens is 981 g/mol. The van der Waals surface area contributed by atoms with E-state index >= 15 is 0 Å². The van der Waals surface area contributed by atoms with E-state index in [0.717, 1.165) is 111 Å². The van der Waals surface area contributed by atoms with Crippen LogP contribution in [0.1, 0.15) is 72.1 Å². The number of hydrogen-bond donors (Lipinski definition) is 7. The van der Waals surface area contributed by atoms with E-state index in [2.05, 4.69) is 80.0 Å². The molecule has 6 aromatic heterocycles. The zero-order chi connectivity index (χ0) is 54.3. The normalized spacial score (nSPS) is 19.3. The molecule has 2 saturated carbocycles. The number of anilines is 6. The third kappa shape index (κ3) is 15.2. The fraction of sp³-hybridized carbons (Fsp3) is 0.473. The van der Waals surface area contributed by atoms with Crippen LogP contribution in [0.2, 0.25) is 0 Å². The second-order valence-electron chi connectivity index (χ2n) is 20.7. The molecule has 0 aromatic carbocycles. The van der Waals surface area contributed by atoms with Crippen molar-refractivity contribution in [2.24, 2.45) is 23.7 Å². The number of methoxy groups -OCH3 is 2. The molecule has 0 radical (unpaired) electrons. The summed E-state index contributed by atoms with van der Waals surface area (Å²) in [7, 11) is 3.22. The van der Waals surface area contributed by atoms with Gasteiger partial charge in [-0.25, -0.2) is 44.7 Å². The molecule has 22 heteroatoms. The molecule has 6 aromatic rings. The molecule has 77 heavy (non-hydrogen) atoms. The number of nitrogens with zero attached hydrogens (tertiary/aromatic N) is 9. The molecule has 0 unspecified atom stereocenters. The lowest BCUT2D eigenvalue weighted by Crippen LogP contribution is -2.55. The Morgan fingerprint density at radius 2 is 1.04 bits per heavy atom. The van der Waals surface area contributed by atoms with E-state index in [-0.39, 0.29) is 23.7 Å². The Kier molecular flexibility index (Phi) is 18.6. The highest BCUT2D eigenvalue weighted by molar-refractivity contribution is 5.94. The maximum absolute atomic E-state index is 12.5. The van der Waals surface area contributed by atoms with E-state index in [0.29, 0.717) is 72.0 Å². The van der Waals surface area contributed by atoms with E-state index in [1.54, 1.807) is 51.4 Å². The molecule has 4 fully saturated rings. The first-order valence-electron chi connectivity index (χ1n) is 26.2. The number of aromatic nitrogens is 8. The Balaban J connectivity index is 0.000000200. The van der Waals surface area contributed by atoms with Gasteiger partial charge in [-0.3, -0.25) is 9.59 Å². The molecule has 0 atom stereocenters. The monoisotopic (exact) mass is 1050 g/mol. The van der Waals surface area contributed by atoms with Crippen molar-refractivity contribution in [3.63, 3.8) is 0 Å². The van der Waals surface area contributed by atoms with Crippen molar-refractivity contribution < 1.29 is 28.6 Å². The second-order valence-corrected chi connectivity index (χ2v) is 20.7. The smallest absolute Gasteiger partial charge is 0.410 e. The molecule has 406 valence electrons. The predicted octanol–water partition coefficient (Wildman–Crippen LogP) is 7.24. The van der Waals surface area contributed by atoms with Crippen LogP contribution in [0.15, 0.2) is 73.6 Å². The average Bonchev–Trinajstić information content (AvgIpc) is 3.40. The summed E-state index contributed by atoms with van der Waals surface area (Å²) in [6, 6.07) is 12.7. The van der Waals surface area contributed by atoms with E-state index < -0.39 is 11.7 Å². The molecular formula is C55H70N16O6. The van der Waals surface area contributed by atoms with Gasteiger partial charge in [0.25, 0.3) is 0 Å². The van der Waals surface area contributed by atoms with Gasteiger partial charge in [-0.15, -0.1) is 12.8 Å². The summed E-state index contributed by atoms with van der Waals surface area (Å²) in [5.74, 6) is 4.61. The number of rotatable bonds is 16. The van der Waals surface area contributed by atoms with E-state index in [1.807, 2.05) is 57.2 Å². The number of nitrogens with one attached hydrogen (secondary N) is 7. The van der Waals surface area contributed by atoms with Gasteiger partial charge >= 0.3 is 6.09 Å². The first kappa shape index (κ1) is 55.1. The zero-order valence-corrected chi connectivity index (χ0v) is 44.4. The average molecular weight is 1050 g/mol. The molecule has 2 aliphatic heterocycles. The van der Waals surface area contributed by atoms with Crippen LogP contribution in [0, 0.1) is 36.5 Å². The van der Waals surface area contributed by atoms with Crippen LogP contribution in [0.4, 0.5) is 39.7 Å². The minimum Gasteiger partial charge on any atom is -0.479 e. The zero-order valence-electron chi connectivity index (χ0n) is 44.4. The van der Waals surface area contributed by atoms with Crippen molar-refractivity contribution in [2.45, 2.75) is 89.8 Å². The van der Waals surface area contributed by atoms with Crippen LogP contribution >= 0.6 is 0 Å². The first-order chi connectivity index (χ1) is 37.3. The molecule has 0 spiro atoms. The maximum atomic E-state index is 12.5. The maximum Gasteiger partial charge on any atom is 0.410 e. The third-order valence-corrected chi connectivity index (χ3v) is 13.9. The number of amides is 3. The Hall–Kier alpha value is -8.19. The van der Waals surface area contributed by atoms with Gasteiger partial charge in [-0.05, 0) is 120 Å². The van der Waals surface area contributed by atoms with Crippen LogP contribution < -0.4 is 46.7 Å². The lowest BCUT2D eigenvalue weighted by molar-refractivity contribution is -0.124. The molecule has 7 N–H and O–H groups in total. The van der Waals surface area contributed by atoms with Crippen molar-refractivity contribution in [1.82, 2.24) is 50.1 Å². The van der Waals surface area contributed by atoms with E-state index in [4.69, 9.17) is 24.2 Å². The molecule has 3 amide bonds. The number of fused-ring (bicyclic) bond motifs is 2. The highest BCUT2D eigenvalue weighted by Crippen LogP contribution is 2.31. The SMILES string of the molecule is C#C.COc1nccc2ccc(NC3CCC(CNc4ncc(NC(=O)C5CN(C(=O)OC(C)(C)C)C5)cn4)CC3)nc12.COc1nccc2ccc(NC3CCC(CNc4ncc(NC(=O)C5CNC5)cn4)CC3)nc12. The van der Waals surface area contributed by atoms with Crippen LogP contribution in [-0.4, -0.2) is 134 Å². The van der Waals surface area contributed by atoms with Crippen molar-refractivity contribution >= 4 is 74.6 Å². The van der Waals surface area contributed by atoms with Crippen LogP contribution in [0.3, 0.4) is 0 Å². The van der Waals surface area contributed by atoms with Crippen molar-refractivity contribution in [3.8, 4) is 24.6 Å². The number of carbonyl (C=O) groups is 3. The minimum absolute atomic E-state index is 0.0168. The molecule has 2 aliphatic carbocycles. The lowest BCUT2D eigenvalue weighted by atomic mass is 9.86. The number of carbonyl (C=O) groups excluding carboxylic acids is 3. The van der Waals surface area contributed by atoms with E-state index in [1.165, 1.54) is 4.90 Å². The summed E-state index contributed by atoms with van der Waals surface area (Å²) in [4.78, 5) is 73.4. The summed E-state index contributed by atoms with van der Waals surface area (Å²) in [6.07, 6.45) is 26.2. The van der Waals surface area contributed by atoms with Gasteiger partial charge in [-0.2, -0.15) is 0 Å². The highest BCUT2D eigenvalue weighted by atomic mass is 16.6. The fourth-order valence-corrected chi connectivity index (χ4v) is 9.47. The van der Waals surface area contributed by atoms with Gasteiger partial charge in [0.05, 0.1) is 62.2 Å². The molecule has 2 saturated heterocycles. The van der Waals surface area contributed by atoms with Crippen molar-refractivity contribution in [3.05, 3.63) is 73.6 Å². The Labute approximate surface area is 448 Å². The van der Waals surface area contributed by atoms with Crippen molar-refractivity contribution in [1.29, 1.82) is 0 Å². The number of likely N-dealkylation sites (tertiary alicyclic amines) is 1. The number of terminal acetylenes is 1. The molecule has 4 aliphatic rings. The standard InChI is InChI=1S/C29H38N8O4.C24H30N8O2.C2H2/c1-29(2,3)41-28(39)37-16-20(17-37)25(38)35-22-14-32-27(33-15-22)31-13-18-5-8-21(9-6-18)34-23-10-7-19-11-12-30-26(40-4)24(19)36-23;1-34-23-21-16(8-9-26-23)4-7-20(32-21)30-18-5-2-15(3-6-18)10-27-24-28-13-19(14-29-24)31-22(33)17-11-25-12-17;1-2/h7,10-12,14-15,18,20-21H,5-6,8-9,13,16-17H2,1-4H3,(H,34,36)(H,35,38)(H,31,32,33);4,7-9,13-15,17-18,25H,2-3,5-6,10-12H2,1H3,(H,30,32)(H,31,33)(H,27,28,29);1-2H. The first-order valence-corrected chi connectivity index (χ1v) is 26.2. The summed E-state index contributed by atoms with van der Waals surface area (Å²) in [5, 5.41) is 24.6. The molecule has 10 rings (SSSR count). The van der Waals surface area contributed by atoms with Gasteiger partial charge < -0.3 is 56.3 Å². The molecule has 22 nitrogen and oxygen atoms in total. The van der Waals surface area contributed by atoms with Gasteiger partial charge in [-0.1, -0.05) is 0 Å². The van der Waals surface area contributed by atoms with Crippen LogP contribution in [0.25, 0.3) is 21.8 Å². The quantitative estimate of drug-likeness (QED) is 0.0471. The summed E-state index contributed by atoms with van der Waals surface area (Å²) in [6.45, 7) is 9.22.